The predicted molar refractivity (Wildman–Crippen MR) is 58.3 cm³/mol. The van der Waals surface area contributed by atoms with E-state index in [9.17, 15) is 4.79 Å². The summed E-state index contributed by atoms with van der Waals surface area (Å²) in [4.78, 5) is 14.8. The number of amides is 1. The molecule has 1 heterocycles. The summed E-state index contributed by atoms with van der Waals surface area (Å²) in [5.74, 6) is 0.864. The van der Waals surface area contributed by atoms with Crippen LogP contribution in [-0.4, -0.2) is 16.0 Å². The van der Waals surface area contributed by atoms with Gasteiger partial charge in [0.1, 0.15) is 5.82 Å². The first kappa shape index (κ1) is 9.71. The first-order chi connectivity index (χ1) is 7.24. The molecule has 0 aliphatic carbocycles. The van der Waals surface area contributed by atoms with Gasteiger partial charge in [-0.2, -0.15) is 0 Å². The molecule has 0 bridgehead atoms. The van der Waals surface area contributed by atoms with E-state index in [2.05, 4.69) is 10.3 Å². The molecule has 0 radical (unpaired) electrons. The lowest BCUT2D eigenvalue weighted by molar-refractivity contribution is -0.110. The Morgan fingerprint density at radius 3 is 2.87 bits per heavy atom. The van der Waals surface area contributed by atoms with E-state index in [1.54, 1.807) is 0 Å². The largest absolute Gasteiger partial charge is 0.349 e. The fraction of sp³-hybridized carbons (Fsp3) is 0.273. The number of para-hydroxylation sites is 2. The number of hydrogen-bond acceptors (Lipinski definition) is 2. The molecule has 1 aromatic carbocycles. The minimum absolute atomic E-state index is 0.0695. The molecule has 0 unspecified atom stereocenters. The third-order valence-corrected chi connectivity index (χ3v) is 2.53. The lowest BCUT2D eigenvalue weighted by Gasteiger charge is -2.09. The van der Waals surface area contributed by atoms with E-state index in [1.807, 2.05) is 42.8 Å². The van der Waals surface area contributed by atoms with Crippen molar-refractivity contribution in [3.63, 3.8) is 0 Å². The van der Waals surface area contributed by atoms with Gasteiger partial charge >= 0.3 is 0 Å². The average Bonchev–Trinajstić information content (AvgIpc) is 2.57. The maximum absolute atomic E-state index is 10.4. The van der Waals surface area contributed by atoms with E-state index in [0.717, 1.165) is 16.9 Å². The molecular weight excluding hydrogens is 190 g/mol. The highest BCUT2D eigenvalue weighted by Crippen LogP contribution is 2.18. The zero-order chi connectivity index (χ0) is 10.8. The molecule has 4 heteroatoms. The van der Waals surface area contributed by atoms with Crippen LogP contribution >= 0.6 is 0 Å². The third-order valence-electron chi connectivity index (χ3n) is 2.53. The first-order valence-electron chi connectivity index (χ1n) is 4.85. The monoisotopic (exact) mass is 203 g/mol. The van der Waals surface area contributed by atoms with Crippen molar-refractivity contribution in [1.29, 1.82) is 0 Å². The third kappa shape index (κ3) is 1.58. The smallest absolute Gasteiger partial charge is 0.207 e. The number of nitrogens with zero attached hydrogens (tertiary/aromatic N) is 2. The second-order valence-corrected chi connectivity index (χ2v) is 3.52. The van der Waals surface area contributed by atoms with Crippen molar-refractivity contribution in [3.05, 3.63) is 30.1 Å². The molecule has 0 saturated carbocycles. The number of rotatable bonds is 3. The fourth-order valence-electron chi connectivity index (χ4n) is 1.73. The highest BCUT2D eigenvalue weighted by atomic mass is 16.1. The van der Waals surface area contributed by atoms with E-state index in [4.69, 9.17) is 0 Å². The molecule has 15 heavy (non-hydrogen) atoms. The number of aryl methyl sites for hydroxylation is 1. The number of benzene rings is 1. The topological polar surface area (TPSA) is 46.9 Å². The quantitative estimate of drug-likeness (QED) is 0.766. The Morgan fingerprint density at radius 2 is 2.20 bits per heavy atom. The Morgan fingerprint density at radius 1 is 1.47 bits per heavy atom. The van der Waals surface area contributed by atoms with Gasteiger partial charge in [0.15, 0.2) is 0 Å². The number of aromatic nitrogens is 2. The molecule has 78 valence electrons. The summed E-state index contributed by atoms with van der Waals surface area (Å²) in [6.07, 6.45) is 0.698. The molecule has 0 fully saturated rings. The van der Waals surface area contributed by atoms with Gasteiger partial charge in [0.25, 0.3) is 0 Å². The first-order valence-corrected chi connectivity index (χ1v) is 4.85. The van der Waals surface area contributed by atoms with Gasteiger partial charge < -0.3 is 9.88 Å². The minimum atomic E-state index is -0.0695. The summed E-state index contributed by atoms with van der Waals surface area (Å²) in [7, 11) is 1.95. The Balaban J connectivity index is 2.52. The molecule has 0 aliphatic heterocycles. The number of nitrogens with one attached hydrogen (secondary N) is 1. The highest BCUT2D eigenvalue weighted by molar-refractivity contribution is 5.75. The SMILES string of the molecule is C[C@H](NC=O)c1nc2ccccc2n1C. The summed E-state index contributed by atoms with van der Waals surface area (Å²) in [6.45, 7) is 1.91. The van der Waals surface area contributed by atoms with Crippen LogP contribution in [0.4, 0.5) is 0 Å². The molecule has 1 N–H and O–H groups in total. The number of fused-ring (bicyclic) bond motifs is 1. The maximum atomic E-state index is 10.4. The van der Waals surface area contributed by atoms with E-state index < -0.39 is 0 Å². The molecule has 1 atom stereocenters. The van der Waals surface area contributed by atoms with E-state index >= 15 is 0 Å². The summed E-state index contributed by atoms with van der Waals surface area (Å²) >= 11 is 0. The van der Waals surface area contributed by atoms with Gasteiger partial charge in [0, 0.05) is 7.05 Å². The molecule has 1 aromatic heterocycles. The van der Waals surface area contributed by atoms with Crippen molar-refractivity contribution in [2.45, 2.75) is 13.0 Å². The second kappa shape index (κ2) is 3.73. The predicted octanol–water partition coefficient (Wildman–Crippen LogP) is 1.38. The van der Waals surface area contributed by atoms with Gasteiger partial charge in [-0.3, -0.25) is 4.79 Å². The van der Waals surface area contributed by atoms with Crippen LogP contribution in [0.1, 0.15) is 18.8 Å². The minimum Gasteiger partial charge on any atom is -0.349 e. The standard InChI is InChI=1S/C11H13N3O/c1-8(12-7-15)11-13-9-5-3-4-6-10(9)14(11)2/h3-8H,1-2H3,(H,12,15)/t8-/m0/s1. The van der Waals surface area contributed by atoms with Crippen molar-refractivity contribution in [1.82, 2.24) is 14.9 Å². The lowest BCUT2D eigenvalue weighted by atomic mass is 10.3. The summed E-state index contributed by atoms with van der Waals surface area (Å²) in [6, 6.07) is 7.84. The number of imidazole rings is 1. The molecule has 2 aromatic rings. The van der Waals surface area contributed by atoms with Crippen molar-refractivity contribution >= 4 is 17.4 Å². The average molecular weight is 203 g/mol. The Hall–Kier alpha value is -1.84. The Labute approximate surface area is 87.9 Å². The maximum Gasteiger partial charge on any atom is 0.207 e. The van der Waals surface area contributed by atoms with Crippen LogP contribution in [0.5, 0.6) is 0 Å². The number of hydrogen-bond donors (Lipinski definition) is 1. The number of carbonyl (C=O) groups excluding carboxylic acids is 1. The molecule has 0 aliphatic rings. The zero-order valence-electron chi connectivity index (χ0n) is 8.77. The van der Waals surface area contributed by atoms with Crippen LogP contribution in [-0.2, 0) is 11.8 Å². The second-order valence-electron chi connectivity index (χ2n) is 3.52. The molecule has 1 amide bonds. The van der Waals surface area contributed by atoms with Crippen molar-refractivity contribution in [3.8, 4) is 0 Å². The van der Waals surface area contributed by atoms with Gasteiger partial charge in [-0.05, 0) is 19.1 Å². The molecule has 0 spiro atoms. The van der Waals surface area contributed by atoms with Gasteiger partial charge in [-0.15, -0.1) is 0 Å². The van der Waals surface area contributed by atoms with Crippen molar-refractivity contribution in [2.75, 3.05) is 0 Å². The Bertz CT molecular complexity index is 490. The fourth-order valence-corrected chi connectivity index (χ4v) is 1.73. The van der Waals surface area contributed by atoms with Crippen LogP contribution in [0.2, 0.25) is 0 Å². The van der Waals surface area contributed by atoms with Crippen molar-refractivity contribution < 1.29 is 4.79 Å². The van der Waals surface area contributed by atoms with Crippen LogP contribution < -0.4 is 5.32 Å². The van der Waals surface area contributed by atoms with Crippen LogP contribution in [0.15, 0.2) is 24.3 Å². The van der Waals surface area contributed by atoms with E-state index in [0.29, 0.717) is 6.41 Å². The van der Waals surface area contributed by atoms with Gasteiger partial charge in [0.2, 0.25) is 6.41 Å². The van der Waals surface area contributed by atoms with E-state index in [-0.39, 0.29) is 6.04 Å². The van der Waals surface area contributed by atoms with Gasteiger partial charge in [-0.1, -0.05) is 12.1 Å². The zero-order valence-corrected chi connectivity index (χ0v) is 8.77. The number of carbonyl (C=O) groups is 1. The summed E-state index contributed by atoms with van der Waals surface area (Å²) in [5, 5.41) is 2.70. The molecule has 0 saturated heterocycles. The normalized spacial score (nSPS) is 12.7. The van der Waals surface area contributed by atoms with E-state index in [1.165, 1.54) is 0 Å². The molecule has 4 nitrogen and oxygen atoms in total. The highest BCUT2D eigenvalue weighted by Gasteiger charge is 2.12. The Kier molecular flexibility index (Phi) is 2.41. The summed E-state index contributed by atoms with van der Waals surface area (Å²) < 4.78 is 2.00. The lowest BCUT2D eigenvalue weighted by Crippen LogP contribution is -2.19. The molecule has 2 rings (SSSR count). The summed E-state index contributed by atoms with van der Waals surface area (Å²) in [5.41, 5.74) is 2.03. The van der Waals surface area contributed by atoms with Crippen LogP contribution in [0, 0.1) is 0 Å². The molecular formula is C11H13N3O. The van der Waals surface area contributed by atoms with Gasteiger partial charge in [-0.25, -0.2) is 4.98 Å². The van der Waals surface area contributed by atoms with Crippen molar-refractivity contribution in [2.24, 2.45) is 7.05 Å². The van der Waals surface area contributed by atoms with Gasteiger partial charge in [0.05, 0.1) is 17.1 Å². The van der Waals surface area contributed by atoms with Crippen LogP contribution in [0.3, 0.4) is 0 Å². The van der Waals surface area contributed by atoms with Crippen LogP contribution in [0.25, 0.3) is 11.0 Å².